The zero-order chi connectivity index (χ0) is 11.6. The lowest BCUT2D eigenvalue weighted by atomic mass is 10.2. The van der Waals surface area contributed by atoms with Gasteiger partial charge in [0.25, 0.3) is 0 Å². The molecule has 15 heavy (non-hydrogen) atoms. The molecule has 0 spiro atoms. The molecule has 0 N–H and O–H groups in total. The van der Waals surface area contributed by atoms with Crippen molar-refractivity contribution in [3.63, 3.8) is 0 Å². The minimum atomic E-state index is -3.61. The van der Waals surface area contributed by atoms with Crippen LogP contribution in [0.25, 0.3) is 0 Å². The molecule has 0 aliphatic heterocycles. The van der Waals surface area contributed by atoms with E-state index < -0.39 is 32.9 Å². The lowest BCUT2D eigenvalue weighted by molar-refractivity contribution is 0.494. The summed E-state index contributed by atoms with van der Waals surface area (Å²) in [7, 11) is -3.61. The molecule has 0 saturated heterocycles. The normalized spacial score (nSPS) is 10.7. The van der Waals surface area contributed by atoms with E-state index in [0.717, 1.165) is 6.26 Å². The van der Waals surface area contributed by atoms with Crippen molar-refractivity contribution in [2.45, 2.75) is 0 Å². The molecule has 0 aromatic heterocycles. The molecule has 6 heteroatoms. The fourth-order valence-corrected chi connectivity index (χ4v) is 1.06. The summed E-state index contributed by atoms with van der Waals surface area (Å²) in [6, 6.07) is 0.810. The summed E-state index contributed by atoms with van der Waals surface area (Å²) in [5.74, 6) is -1.84. The Kier molecular flexibility index (Phi) is 3.05. The first kappa shape index (κ1) is 11.6. The molecule has 0 saturated carbocycles. The van der Waals surface area contributed by atoms with E-state index in [0.29, 0.717) is 12.1 Å². The first-order valence-corrected chi connectivity index (χ1v) is 5.56. The summed E-state index contributed by atoms with van der Waals surface area (Å²) in [5.41, 5.74) is -0.501. The summed E-state index contributed by atoms with van der Waals surface area (Å²) in [5, 5.41) is 1.72. The Morgan fingerprint density at radius 2 is 1.60 bits per heavy atom. The van der Waals surface area contributed by atoms with Gasteiger partial charge < -0.3 is 0 Å². The Bertz CT molecular complexity index is 553. The third-order valence-electron chi connectivity index (χ3n) is 1.38. The molecule has 0 bridgehead atoms. The van der Waals surface area contributed by atoms with E-state index in [1.807, 2.05) is 5.92 Å². The molecular weight excluding hydrogens is 229 g/mol. The van der Waals surface area contributed by atoms with Crippen LogP contribution in [0.15, 0.2) is 12.1 Å². The fraction of sp³-hybridized carbons (Fsp3) is 0.111. The van der Waals surface area contributed by atoms with Crippen LogP contribution in [0.4, 0.5) is 13.2 Å². The molecule has 0 heterocycles. The van der Waals surface area contributed by atoms with Crippen LogP contribution in [0.5, 0.6) is 0 Å². The topological polar surface area (TPSA) is 34.1 Å². The van der Waals surface area contributed by atoms with Gasteiger partial charge in [0.15, 0.2) is 11.6 Å². The smallest absolute Gasteiger partial charge is 0.214 e. The molecule has 0 radical (unpaired) electrons. The van der Waals surface area contributed by atoms with E-state index in [2.05, 4.69) is 0 Å². The maximum Gasteiger partial charge on any atom is 0.214 e. The molecule has 1 aromatic carbocycles. The van der Waals surface area contributed by atoms with Gasteiger partial charge in [-0.2, -0.15) is 0 Å². The van der Waals surface area contributed by atoms with Gasteiger partial charge >= 0.3 is 0 Å². The first-order chi connectivity index (χ1) is 6.79. The second-order valence-electron chi connectivity index (χ2n) is 2.75. The van der Waals surface area contributed by atoms with Crippen molar-refractivity contribution in [1.82, 2.24) is 0 Å². The third-order valence-corrected chi connectivity index (χ3v) is 1.85. The second-order valence-corrected chi connectivity index (χ2v) is 4.49. The SMILES string of the molecule is CS(=O)(=O)C#Cc1cc(F)c(F)cc1F. The molecule has 0 atom stereocenters. The summed E-state index contributed by atoms with van der Waals surface area (Å²) < 4.78 is 59.2. The minimum Gasteiger partial charge on any atom is -0.216 e. The predicted molar refractivity (Wildman–Crippen MR) is 48.0 cm³/mol. The molecule has 0 aliphatic carbocycles. The lowest BCUT2D eigenvalue weighted by Crippen LogP contribution is -1.93. The zero-order valence-electron chi connectivity index (χ0n) is 7.51. The molecule has 0 aliphatic rings. The van der Waals surface area contributed by atoms with Gasteiger partial charge in [0.1, 0.15) is 5.82 Å². The minimum absolute atomic E-state index is 0.307. The van der Waals surface area contributed by atoms with Crippen LogP contribution < -0.4 is 0 Å². The van der Waals surface area contributed by atoms with Crippen molar-refractivity contribution in [2.24, 2.45) is 0 Å². The standard InChI is InChI=1S/C9H5F3O2S/c1-15(13,14)3-2-6-4-8(11)9(12)5-7(6)10/h4-5H,1H3. The molecule has 0 amide bonds. The largest absolute Gasteiger partial charge is 0.216 e. The highest BCUT2D eigenvalue weighted by molar-refractivity contribution is 7.95. The number of hydrogen-bond donors (Lipinski definition) is 0. The van der Waals surface area contributed by atoms with Crippen LogP contribution in [0.2, 0.25) is 0 Å². The Morgan fingerprint density at radius 1 is 1.07 bits per heavy atom. The van der Waals surface area contributed by atoms with Gasteiger partial charge in [0.05, 0.1) is 11.8 Å². The van der Waals surface area contributed by atoms with Gasteiger partial charge in [0.2, 0.25) is 9.84 Å². The average Bonchev–Trinajstić information content (AvgIpc) is 2.07. The molecule has 80 valence electrons. The summed E-state index contributed by atoms with van der Waals surface area (Å²) in [6.07, 6.45) is 0.817. The van der Waals surface area contributed by atoms with Crippen LogP contribution in [0.3, 0.4) is 0 Å². The Balaban J connectivity index is 3.27. The van der Waals surface area contributed by atoms with Gasteiger partial charge in [-0.15, -0.1) is 0 Å². The second kappa shape index (κ2) is 3.95. The fourth-order valence-electron chi connectivity index (χ4n) is 0.766. The molecule has 1 aromatic rings. The van der Waals surface area contributed by atoms with Crippen molar-refractivity contribution in [1.29, 1.82) is 0 Å². The predicted octanol–water partition coefficient (Wildman–Crippen LogP) is 1.46. The van der Waals surface area contributed by atoms with E-state index in [-0.39, 0.29) is 0 Å². The number of hydrogen-bond acceptors (Lipinski definition) is 2. The maximum absolute atomic E-state index is 12.9. The highest BCUT2D eigenvalue weighted by Gasteiger charge is 2.08. The van der Waals surface area contributed by atoms with E-state index in [4.69, 9.17) is 0 Å². The number of benzene rings is 1. The third kappa shape index (κ3) is 3.29. The van der Waals surface area contributed by atoms with Crippen molar-refractivity contribution in [2.75, 3.05) is 6.26 Å². The zero-order valence-corrected chi connectivity index (χ0v) is 8.33. The summed E-state index contributed by atoms with van der Waals surface area (Å²) in [4.78, 5) is 0. The molecule has 0 fully saturated rings. The van der Waals surface area contributed by atoms with E-state index in [9.17, 15) is 21.6 Å². The lowest BCUT2D eigenvalue weighted by Gasteiger charge is -1.95. The van der Waals surface area contributed by atoms with Crippen molar-refractivity contribution in [3.05, 3.63) is 35.1 Å². The quantitative estimate of drug-likeness (QED) is 0.503. The first-order valence-electron chi connectivity index (χ1n) is 3.67. The molecular formula is C9H5F3O2S. The maximum atomic E-state index is 12.9. The summed E-state index contributed by atoms with van der Waals surface area (Å²) >= 11 is 0. The van der Waals surface area contributed by atoms with Gasteiger partial charge in [-0.25, -0.2) is 21.6 Å². The highest BCUT2D eigenvalue weighted by atomic mass is 32.2. The Labute approximate surface area is 84.6 Å². The van der Waals surface area contributed by atoms with Crippen LogP contribution >= 0.6 is 0 Å². The van der Waals surface area contributed by atoms with Crippen LogP contribution in [0, 0.1) is 28.6 Å². The van der Waals surface area contributed by atoms with Gasteiger partial charge in [-0.3, -0.25) is 0 Å². The van der Waals surface area contributed by atoms with Gasteiger partial charge in [-0.1, -0.05) is 0 Å². The molecule has 1 rings (SSSR count). The van der Waals surface area contributed by atoms with Crippen LogP contribution in [0.1, 0.15) is 5.56 Å². The van der Waals surface area contributed by atoms with E-state index >= 15 is 0 Å². The van der Waals surface area contributed by atoms with Gasteiger partial charge in [-0.05, 0) is 12.0 Å². The van der Waals surface area contributed by atoms with Crippen LogP contribution in [-0.4, -0.2) is 14.7 Å². The molecule has 0 unspecified atom stereocenters. The van der Waals surface area contributed by atoms with Crippen LogP contribution in [-0.2, 0) is 9.84 Å². The summed E-state index contributed by atoms with van der Waals surface area (Å²) in [6.45, 7) is 0. The molecule has 2 nitrogen and oxygen atoms in total. The number of rotatable bonds is 0. The van der Waals surface area contributed by atoms with Crippen molar-refractivity contribution >= 4 is 9.84 Å². The van der Waals surface area contributed by atoms with Gasteiger partial charge in [0, 0.05) is 11.3 Å². The van der Waals surface area contributed by atoms with E-state index in [1.165, 1.54) is 0 Å². The van der Waals surface area contributed by atoms with Crippen molar-refractivity contribution < 1.29 is 21.6 Å². The Morgan fingerprint density at radius 3 is 2.13 bits per heavy atom. The average molecular weight is 234 g/mol. The highest BCUT2D eigenvalue weighted by Crippen LogP contribution is 2.12. The van der Waals surface area contributed by atoms with Crippen molar-refractivity contribution in [3.8, 4) is 11.2 Å². The Hall–Kier alpha value is -1.48. The number of halogens is 3. The monoisotopic (exact) mass is 234 g/mol. The number of sulfone groups is 1. The van der Waals surface area contributed by atoms with E-state index in [1.54, 1.807) is 5.25 Å².